The van der Waals surface area contributed by atoms with Crippen molar-refractivity contribution in [1.82, 2.24) is 0 Å². The first kappa shape index (κ1) is 18.9. The summed E-state index contributed by atoms with van der Waals surface area (Å²) in [6.45, 7) is 2.08. The van der Waals surface area contributed by atoms with Gasteiger partial charge in [0.05, 0.1) is 13.0 Å². The van der Waals surface area contributed by atoms with Gasteiger partial charge in [0, 0.05) is 0 Å². The number of esters is 2. The van der Waals surface area contributed by atoms with Crippen LogP contribution in [-0.2, 0) is 29.2 Å². The van der Waals surface area contributed by atoms with Gasteiger partial charge in [-0.3, -0.25) is 14.1 Å². The molecule has 24 heavy (non-hydrogen) atoms. The molecule has 4 unspecified atom stereocenters. The first-order chi connectivity index (χ1) is 11.0. The van der Waals surface area contributed by atoms with Crippen LogP contribution in [0.3, 0.4) is 0 Å². The number of allylic oxidation sites excluding steroid dienone is 2. The predicted octanol–water partition coefficient (Wildman–Crippen LogP) is 1.99. The molecule has 4 atom stereocenters. The van der Waals surface area contributed by atoms with E-state index in [0.717, 1.165) is 25.5 Å². The third-order valence-electron chi connectivity index (χ3n) is 4.46. The zero-order valence-corrected chi connectivity index (χ0v) is 14.3. The van der Waals surface area contributed by atoms with Crippen molar-refractivity contribution in [2.45, 2.75) is 44.2 Å². The fraction of sp³-hybridized carbons (Fsp3) is 0.733. The Morgan fingerprint density at radius 1 is 1.38 bits per heavy atom. The topological polar surface area (TPSA) is 107 Å². The number of fused-ring (bicyclic) bond motifs is 2. The average molecular weight is 364 g/mol. The Hall–Kier alpha value is -1.48. The number of hydrogen-bond acceptors (Lipinski definition) is 6. The van der Waals surface area contributed by atoms with E-state index in [-0.39, 0.29) is 5.92 Å². The van der Waals surface area contributed by atoms with Gasteiger partial charge < -0.3 is 9.47 Å². The Labute approximate surface area is 139 Å². The quantitative estimate of drug-likeness (QED) is 0.451. The summed E-state index contributed by atoms with van der Waals surface area (Å²) >= 11 is 0. The third kappa shape index (κ3) is 4.13. The van der Waals surface area contributed by atoms with E-state index in [1.54, 1.807) is 0 Å². The van der Waals surface area contributed by atoms with Crippen molar-refractivity contribution in [2.75, 3.05) is 7.11 Å². The lowest BCUT2D eigenvalue weighted by Crippen LogP contribution is -2.43. The molecule has 9 heteroatoms. The lowest BCUT2D eigenvalue weighted by Gasteiger charge is -2.36. The number of methoxy groups -OCH3 is 1. The average Bonchev–Trinajstić information content (AvgIpc) is 2.44. The number of alkyl halides is 1. The summed E-state index contributed by atoms with van der Waals surface area (Å²) in [4.78, 5) is 23.4. The van der Waals surface area contributed by atoms with Gasteiger partial charge >= 0.3 is 27.2 Å². The van der Waals surface area contributed by atoms with E-state index in [1.165, 1.54) is 0 Å². The van der Waals surface area contributed by atoms with E-state index in [4.69, 9.17) is 4.55 Å². The van der Waals surface area contributed by atoms with Gasteiger partial charge in [-0.15, -0.1) is 0 Å². The van der Waals surface area contributed by atoms with E-state index >= 15 is 0 Å². The standard InChI is InChI=1S/C15H21FO7S/c1-9-3-10-5-11(4-9)7-12(6-10)14(18)23-15(16,24(19,20)21)8-13(17)22-2/h3,9,11-12H,4-8H2,1-2H3,(H,19,20,21). The maximum atomic E-state index is 14.5. The van der Waals surface area contributed by atoms with Crippen LogP contribution in [0.1, 0.15) is 39.0 Å². The van der Waals surface area contributed by atoms with E-state index in [9.17, 15) is 22.4 Å². The lowest BCUT2D eigenvalue weighted by molar-refractivity contribution is -0.177. The summed E-state index contributed by atoms with van der Waals surface area (Å²) in [6.07, 6.45) is 3.23. The molecule has 0 aliphatic heterocycles. The number of hydrogen-bond donors (Lipinski definition) is 1. The van der Waals surface area contributed by atoms with Crippen LogP contribution in [-0.4, -0.2) is 37.2 Å². The van der Waals surface area contributed by atoms with Gasteiger partial charge in [-0.05, 0) is 37.5 Å². The van der Waals surface area contributed by atoms with Crippen molar-refractivity contribution >= 4 is 22.1 Å². The lowest BCUT2D eigenvalue weighted by atomic mass is 9.71. The molecule has 0 aromatic carbocycles. The summed E-state index contributed by atoms with van der Waals surface area (Å²) in [5.41, 5.74) is 1.07. The molecule has 0 amide bonds. The van der Waals surface area contributed by atoms with Gasteiger partial charge in [0.1, 0.15) is 6.42 Å². The molecule has 0 spiro atoms. The first-order valence-electron chi connectivity index (χ1n) is 7.69. The SMILES string of the molecule is COC(=O)CC(F)(OC(=O)C1CC2=CC(C)CC(C2)C1)S(=O)(=O)O. The number of carbonyl (C=O) groups is 2. The molecule has 136 valence electrons. The number of rotatable bonds is 5. The highest BCUT2D eigenvalue weighted by atomic mass is 32.2. The van der Waals surface area contributed by atoms with E-state index in [2.05, 4.69) is 22.5 Å². The fourth-order valence-corrected chi connectivity index (χ4v) is 3.98. The van der Waals surface area contributed by atoms with Crippen LogP contribution in [0.4, 0.5) is 4.39 Å². The first-order valence-corrected chi connectivity index (χ1v) is 9.13. The maximum absolute atomic E-state index is 14.5. The molecule has 0 aromatic rings. The zero-order valence-electron chi connectivity index (χ0n) is 13.5. The van der Waals surface area contributed by atoms with Gasteiger partial charge in [-0.2, -0.15) is 12.8 Å². The van der Waals surface area contributed by atoms with Gasteiger partial charge in [-0.1, -0.05) is 18.6 Å². The molecule has 2 aliphatic rings. The van der Waals surface area contributed by atoms with Crippen molar-refractivity contribution in [3.05, 3.63) is 11.6 Å². The maximum Gasteiger partial charge on any atom is 0.387 e. The van der Waals surface area contributed by atoms with Crippen molar-refractivity contribution < 1.29 is 36.4 Å². The largest absolute Gasteiger partial charge is 0.469 e. The second-order valence-electron chi connectivity index (χ2n) is 6.55. The summed E-state index contributed by atoms with van der Waals surface area (Å²) in [7, 11) is -4.53. The van der Waals surface area contributed by atoms with Crippen LogP contribution < -0.4 is 0 Å². The molecule has 0 aromatic heterocycles. The number of carbonyl (C=O) groups excluding carboxylic acids is 2. The summed E-state index contributed by atoms with van der Waals surface area (Å²) in [6, 6.07) is 0. The normalized spacial score (nSPS) is 29.2. The van der Waals surface area contributed by atoms with Gasteiger partial charge in [0.2, 0.25) is 0 Å². The highest BCUT2D eigenvalue weighted by Gasteiger charge is 2.51. The zero-order chi connectivity index (χ0) is 18.1. The highest BCUT2D eigenvalue weighted by Crippen LogP contribution is 2.42. The molecule has 0 saturated heterocycles. The molecule has 2 aliphatic carbocycles. The third-order valence-corrected chi connectivity index (χ3v) is 5.46. The smallest absolute Gasteiger partial charge is 0.387 e. The Morgan fingerprint density at radius 3 is 2.58 bits per heavy atom. The second kappa shape index (κ2) is 6.79. The Morgan fingerprint density at radius 2 is 2.04 bits per heavy atom. The van der Waals surface area contributed by atoms with Crippen LogP contribution in [0.25, 0.3) is 0 Å². The van der Waals surface area contributed by atoms with Gasteiger partial charge in [0.15, 0.2) is 0 Å². The summed E-state index contributed by atoms with van der Waals surface area (Å²) < 4.78 is 54.6. The van der Waals surface area contributed by atoms with Crippen LogP contribution >= 0.6 is 0 Å². The van der Waals surface area contributed by atoms with E-state index < -0.39 is 39.6 Å². The minimum Gasteiger partial charge on any atom is -0.469 e. The molecule has 0 radical (unpaired) electrons. The van der Waals surface area contributed by atoms with Gasteiger partial charge in [-0.25, -0.2) is 0 Å². The molecule has 1 saturated carbocycles. The van der Waals surface area contributed by atoms with Crippen LogP contribution in [0.15, 0.2) is 11.6 Å². The Balaban J connectivity index is 2.14. The van der Waals surface area contributed by atoms with Crippen molar-refractivity contribution in [1.29, 1.82) is 0 Å². The Kier molecular flexibility index (Phi) is 5.34. The van der Waals surface area contributed by atoms with Crippen molar-refractivity contribution in [3.63, 3.8) is 0 Å². The van der Waals surface area contributed by atoms with Crippen molar-refractivity contribution in [3.8, 4) is 0 Å². The predicted molar refractivity (Wildman–Crippen MR) is 80.8 cm³/mol. The van der Waals surface area contributed by atoms with E-state index in [1.807, 2.05) is 0 Å². The molecule has 0 heterocycles. The second-order valence-corrected chi connectivity index (χ2v) is 8.11. The monoisotopic (exact) mass is 364 g/mol. The highest BCUT2D eigenvalue weighted by molar-refractivity contribution is 7.86. The molecular weight excluding hydrogens is 343 g/mol. The molecule has 1 fully saturated rings. The molecular formula is C15H21FO7S. The molecule has 7 nitrogen and oxygen atoms in total. The van der Waals surface area contributed by atoms with Crippen LogP contribution in [0.5, 0.6) is 0 Å². The number of ether oxygens (including phenoxy) is 2. The fourth-order valence-electron chi connectivity index (χ4n) is 3.49. The summed E-state index contributed by atoms with van der Waals surface area (Å²) in [5, 5.41) is -3.84. The van der Waals surface area contributed by atoms with Crippen molar-refractivity contribution in [2.24, 2.45) is 17.8 Å². The minimum absolute atomic E-state index is 0.256. The number of halogens is 1. The van der Waals surface area contributed by atoms with Crippen LogP contribution in [0, 0.1) is 17.8 Å². The molecule has 2 rings (SSSR count). The molecule has 1 N–H and O–H groups in total. The Bertz CT molecular complexity index is 657. The van der Waals surface area contributed by atoms with E-state index in [0.29, 0.717) is 18.8 Å². The molecule has 2 bridgehead atoms. The van der Waals surface area contributed by atoms with Crippen LogP contribution in [0.2, 0.25) is 0 Å². The minimum atomic E-state index is -5.46. The van der Waals surface area contributed by atoms with Gasteiger partial charge in [0.25, 0.3) is 0 Å². The summed E-state index contributed by atoms with van der Waals surface area (Å²) in [5.74, 6) is -2.37.